The van der Waals surface area contributed by atoms with Crippen molar-refractivity contribution < 1.29 is 9.47 Å². The summed E-state index contributed by atoms with van der Waals surface area (Å²) in [5.74, 6) is 0. The van der Waals surface area contributed by atoms with Gasteiger partial charge in [-0.2, -0.15) is 0 Å². The van der Waals surface area contributed by atoms with Gasteiger partial charge in [-0.3, -0.25) is 4.90 Å². The van der Waals surface area contributed by atoms with E-state index in [1.54, 1.807) is 7.11 Å². The first-order valence-electron chi connectivity index (χ1n) is 7.01. The molecule has 2 rings (SSSR count). The number of benzene rings is 1. The van der Waals surface area contributed by atoms with E-state index < -0.39 is 0 Å². The molecule has 1 aromatic rings. The van der Waals surface area contributed by atoms with Gasteiger partial charge in [0.15, 0.2) is 0 Å². The van der Waals surface area contributed by atoms with Gasteiger partial charge in [0.1, 0.15) is 0 Å². The Labute approximate surface area is 115 Å². The van der Waals surface area contributed by atoms with Gasteiger partial charge in [0.2, 0.25) is 0 Å². The van der Waals surface area contributed by atoms with Crippen LogP contribution < -0.4 is 5.32 Å². The van der Waals surface area contributed by atoms with E-state index in [1.165, 1.54) is 11.3 Å². The molecule has 0 spiro atoms. The summed E-state index contributed by atoms with van der Waals surface area (Å²) in [7, 11) is 1.74. The van der Waals surface area contributed by atoms with E-state index in [0.717, 1.165) is 52.4 Å². The Morgan fingerprint density at radius 3 is 2.84 bits per heavy atom. The van der Waals surface area contributed by atoms with Gasteiger partial charge in [0.05, 0.1) is 19.8 Å². The van der Waals surface area contributed by atoms with E-state index in [0.29, 0.717) is 0 Å². The van der Waals surface area contributed by atoms with Gasteiger partial charge in [0, 0.05) is 39.0 Å². The van der Waals surface area contributed by atoms with Crippen LogP contribution in [0.4, 0.5) is 5.69 Å². The van der Waals surface area contributed by atoms with Gasteiger partial charge in [-0.25, -0.2) is 0 Å². The summed E-state index contributed by atoms with van der Waals surface area (Å²) in [6, 6.07) is 8.46. The second-order valence-corrected chi connectivity index (χ2v) is 4.78. The Kier molecular flexibility index (Phi) is 6.14. The maximum Gasteiger partial charge on any atom is 0.0594 e. The summed E-state index contributed by atoms with van der Waals surface area (Å²) < 4.78 is 10.5. The molecule has 4 nitrogen and oxygen atoms in total. The lowest BCUT2D eigenvalue weighted by Crippen LogP contribution is -2.39. The number of morpholine rings is 1. The van der Waals surface area contributed by atoms with E-state index in [9.17, 15) is 0 Å². The molecule has 1 aromatic carbocycles. The molecular weight excluding hydrogens is 240 g/mol. The largest absolute Gasteiger partial charge is 0.384 e. The molecule has 1 aliphatic heterocycles. The number of nitrogens with one attached hydrogen (secondary N) is 1. The number of ether oxygens (including phenoxy) is 2. The highest BCUT2D eigenvalue weighted by Gasteiger charge is 2.09. The minimum Gasteiger partial charge on any atom is -0.384 e. The Hall–Kier alpha value is -1.10. The third-order valence-corrected chi connectivity index (χ3v) is 3.44. The zero-order valence-electron chi connectivity index (χ0n) is 11.7. The lowest BCUT2D eigenvalue weighted by molar-refractivity contribution is 0.0398. The van der Waals surface area contributed by atoms with Crippen LogP contribution in [0.25, 0.3) is 0 Å². The van der Waals surface area contributed by atoms with Crippen molar-refractivity contribution >= 4 is 5.69 Å². The van der Waals surface area contributed by atoms with Crippen molar-refractivity contribution in [1.82, 2.24) is 4.90 Å². The van der Waals surface area contributed by atoms with Gasteiger partial charge in [0.25, 0.3) is 0 Å². The molecular formula is C15H24N2O2. The normalized spacial score (nSPS) is 16.5. The maximum absolute atomic E-state index is 5.35. The van der Waals surface area contributed by atoms with Gasteiger partial charge in [-0.1, -0.05) is 18.2 Å². The van der Waals surface area contributed by atoms with Crippen LogP contribution in [-0.2, 0) is 15.9 Å². The average Bonchev–Trinajstić information content (AvgIpc) is 2.47. The second kappa shape index (κ2) is 8.15. The predicted molar refractivity (Wildman–Crippen MR) is 77.8 cm³/mol. The molecule has 1 aliphatic rings. The number of rotatable bonds is 7. The van der Waals surface area contributed by atoms with E-state index in [4.69, 9.17) is 9.47 Å². The van der Waals surface area contributed by atoms with Crippen LogP contribution in [-0.4, -0.2) is 58.0 Å². The highest BCUT2D eigenvalue weighted by Crippen LogP contribution is 2.15. The molecule has 0 saturated carbocycles. The average molecular weight is 264 g/mol. The third kappa shape index (κ3) is 4.82. The molecule has 0 aromatic heterocycles. The lowest BCUT2D eigenvalue weighted by Gasteiger charge is -2.26. The molecule has 0 aliphatic carbocycles. The number of anilines is 1. The zero-order valence-corrected chi connectivity index (χ0v) is 11.7. The summed E-state index contributed by atoms with van der Waals surface area (Å²) >= 11 is 0. The molecule has 106 valence electrons. The molecule has 0 unspecified atom stereocenters. The molecule has 1 saturated heterocycles. The zero-order chi connectivity index (χ0) is 13.3. The van der Waals surface area contributed by atoms with E-state index in [1.807, 2.05) is 0 Å². The predicted octanol–water partition coefficient (Wildman–Crippen LogP) is 1.62. The number of hydrogen-bond donors (Lipinski definition) is 1. The van der Waals surface area contributed by atoms with Crippen molar-refractivity contribution in [3.63, 3.8) is 0 Å². The van der Waals surface area contributed by atoms with Crippen molar-refractivity contribution in [1.29, 1.82) is 0 Å². The maximum atomic E-state index is 5.35. The first-order valence-corrected chi connectivity index (χ1v) is 7.01. The SMILES string of the molecule is COCCc1ccccc1NCCN1CCOCC1. The van der Waals surface area contributed by atoms with Crippen molar-refractivity contribution in [3.8, 4) is 0 Å². The monoisotopic (exact) mass is 264 g/mol. The Morgan fingerprint density at radius 1 is 1.26 bits per heavy atom. The van der Waals surface area contributed by atoms with Crippen LogP contribution >= 0.6 is 0 Å². The van der Waals surface area contributed by atoms with Gasteiger partial charge >= 0.3 is 0 Å². The molecule has 4 heteroatoms. The van der Waals surface area contributed by atoms with Crippen molar-refractivity contribution in [2.24, 2.45) is 0 Å². The number of para-hydroxylation sites is 1. The standard InChI is InChI=1S/C15H24N2O2/c1-18-11-6-14-4-2-3-5-15(14)16-7-8-17-9-12-19-13-10-17/h2-5,16H,6-13H2,1H3. The van der Waals surface area contributed by atoms with E-state index >= 15 is 0 Å². The van der Waals surface area contributed by atoms with Gasteiger partial charge in [-0.15, -0.1) is 0 Å². The smallest absolute Gasteiger partial charge is 0.0594 e. The summed E-state index contributed by atoms with van der Waals surface area (Å²) in [6.07, 6.45) is 0.956. The van der Waals surface area contributed by atoms with Crippen LogP contribution in [0.15, 0.2) is 24.3 Å². The summed E-state index contributed by atoms with van der Waals surface area (Å²) in [6.45, 7) is 6.64. The van der Waals surface area contributed by atoms with Gasteiger partial charge < -0.3 is 14.8 Å². The number of methoxy groups -OCH3 is 1. The van der Waals surface area contributed by atoms with Crippen molar-refractivity contribution in [2.75, 3.05) is 58.4 Å². The number of nitrogens with zero attached hydrogens (tertiary/aromatic N) is 1. The quantitative estimate of drug-likeness (QED) is 0.811. The fourth-order valence-corrected chi connectivity index (χ4v) is 2.30. The van der Waals surface area contributed by atoms with Crippen LogP contribution in [0.2, 0.25) is 0 Å². The lowest BCUT2D eigenvalue weighted by atomic mass is 10.1. The highest BCUT2D eigenvalue weighted by molar-refractivity contribution is 5.51. The summed E-state index contributed by atoms with van der Waals surface area (Å²) in [5, 5.41) is 3.53. The first kappa shape index (κ1) is 14.3. The Bertz CT molecular complexity index is 365. The molecule has 1 heterocycles. The molecule has 0 atom stereocenters. The molecule has 1 N–H and O–H groups in total. The van der Waals surface area contributed by atoms with Crippen LogP contribution in [0, 0.1) is 0 Å². The third-order valence-electron chi connectivity index (χ3n) is 3.44. The fourth-order valence-electron chi connectivity index (χ4n) is 2.30. The minimum absolute atomic E-state index is 0.766. The number of hydrogen-bond acceptors (Lipinski definition) is 4. The second-order valence-electron chi connectivity index (χ2n) is 4.78. The van der Waals surface area contributed by atoms with Crippen molar-refractivity contribution in [3.05, 3.63) is 29.8 Å². The molecule has 0 radical (unpaired) electrons. The topological polar surface area (TPSA) is 33.7 Å². The fraction of sp³-hybridized carbons (Fsp3) is 0.600. The van der Waals surface area contributed by atoms with E-state index in [2.05, 4.69) is 34.5 Å². The molecule has 0 bridgehead atoms. The first-order chi connectivity index (χ1) is 9.40. The van der Waals surface area contributed by atoms with Gasteiger partial charge in [-0.05, 0) is 18.1 Å². The highest BCUT2D eigenvalue weighted by atomic mass is 16.5. The summed E-state index contributed by atoms with van der Waals surface area (Å²) in [4.78, 5) is 2.44. The van der Waals surface area contributed by atoms with E-state index in [-0.39, 0.29) is 0 Å². The Balaban J connectivity index is 1.77. The summed E-state index contributed by atoms with van der Waals surface area (Å²) in [5.41, 5.74) is 2.55. The Morgan fingerprint density at radius 2 is 2.05 bits per heavy atom. The molecule has 1 fully saturated rings. The van der Waals surface area contributed by atoms with Crippen LogP contribution in [0.5, 0.6) is 0 Å². The van der Waals surface area contributed by atoms with Crippen molar-refractivity contribution in [2.45, 2.75) is 6.42 Å². The minimum atomic E-state index is 0.766. The molecule has 0 amide bonds. The van der Waals surface area contributed by atoms with Crippen LogP contribution in [0.3, 0.4) is 0 Å². The molecule has 19 heavy (non-hydrogen) atoms. The van der Waals surface area contributed by atoms with Crippen LogP contribution in [0.1, 0.15) is 5.56 Å².